The monoisotopic (exact) mass is 540 g/mol. The van der Waals surface area contributed by atoms with E-state index in [0.29, 0.717) is 30.3 Å². The summed E-state index contributed by atoms with van der Waals surface area (Å²) in [6.07, 6.45) is 1.04. The van der Waals surface area contributed by atoms with Crippen molar-refractivity contribution in [2.24, 2.45) is 0 Å². The Labute approximate surface area is 219 Å². The number of halogens is 3. The van der Waals surface area contributed by atoms with Gasteiger partial charge in [0.15, 0.2) is 5.75 Å². The molecular formula is C24H27Cl2FN4O3S. The van der Waals surface area contributed by atoms with Crippen LogP contribution in [0.15, 0.2) is 46.2 Å². The summed E-state index contributed by atoms with van der Waals surface area (Å²) in [5.41, 5.74) is 2.03. The number of rotatable bonds is 5. The number of nitrogens with zero attached hydrogens (tertiary/aromatic N) is 4. The maximum Gasteiger partial charge on any atom is 0.251 e. The molecule has 0 amide bonds. The normalized spacial score (nSPS) is 20.1. The van der Waals surface area contributed by atoms with Crippen molar-refractivity contribution in [3.05, 3.63) is 64.0 Å². The number of piperazine rings is 1. The van der Waals surface area contributed by atoms with Crippen molar-refractivity contribution in [3.8, 4) is 5.75 Å². The smallest absolute Gasteiger partial charge is 0.251 e. The van der Waals surface area contributed by atoms with Crippen molar-refractivity contribution < 1.29 is 14.2 Å². The van der Waals surface area contributed by atoms with E-state index in [0.717, 1.165) is 54.3 Å². The molecule has 11 heteroatoms. The van der Waals surface area contributed by atoms with Gasteiger partial charge in [-0.05, 0) is 29.7 Å². The molecule has 0 bridgehead atoms. The first kappa shape index (κ1) is 26.2. The molecule has 3 aliphatic rings. The van der Waals surface area contributed by atoms with Crippen molar-refractivity contribution in [1.82, 2.24) is 19.4 Å². The molecule has 1 aromatic carbocycles. The third kappa shape index (κ3) is 4.90. The molecule has 3 aliphatic heterocycles. The summed E-state index contributed by atoms with van der Waals surface area (Å²) >= 11 is 1.61. The van der Waals surface area contributed by atoms with Crippen LogP contribution in [-0.2, 0) is 6.54 Å². The lowest BCUT2D eigenvalue weighted by molar-refractivity contribution is 0.0680. The highest BCUT2D eigenvalue weighted by atomic mass is 35.5. The van der Waals surface area contributed by atoms with Crippen LogP contribution >= 0.6 is 36.6 Å². The molecular weight excluding hydrogens is 514 g/mol. The molecule has 35 heavy (non-hydrogen) atoms. The van der Waals surface area contributed by atoms with Crippen LogP contribution in [-0.4, -0.2) is 69.7 Å². The second-order valence-electron chi connectivity index (χ2n) is 8.96. The van der Waals surface area contributed by atoms with Gasteiger partial charge >= 0.3 is 0 Å². The third-order valence-electron chi connectivity index (χ3n) is 6.95. The number of pyridine rings is 2. The minimum absolute atomic E-state index is 0. The first-order valence-electron chi connectivity index (χ1n) is 11.3. The van der Waals surface area contributed by atoms with Crippen LogP contribution in [0, 0.1) is 5.82 Å². The standard InChI is InChI=1S/C24H25FN4O3S.2ClH/c25-17-3-1-15-2-4-22(31)29-12-16(23(17)24(15)29)11-27-5-7-28(8-6-27)13-19(30)18-9-21-20(10-26-18)32-14-33-21;;/h1-4,9-10,16,19,30H,5-8,11-14H2;2*1H. The van der Waals surface area contributed by atoms with Crippen LogP contribution in [0.3, 0.4) is 0 Å². The minimum Gasteiger partial charge on any atom is -0.480 e. The summed E-state index contributed by atoms with van der Waals surface area (Å²) in [5.74, 6) is 1.12. The van der Waals surface area contributed by atoms with Gasteiger partial charge in [-0.1, -0.05) is 11.8 Å². The Morgan fingerprint density at radius 3 is 2.69 bits per heavy atom. The third-order valence-corrected chi connectivity index (χ3v) is 7.81. The molecule has 188 valence electrons. The molecule has 5 heterocycles. The molecule has 7 nitrogen and oxygen atoms in total. The summed E-state index contributed by atoms with van der Waals surface area (Å²) in [4.78, 5) is 22.3. The Morgan fingerprint density at radius 2 is 1.89 bits per heavy atom. The van der Waals surface area contributed by atoms with Crippen molar-refractivity contribution in [2.75, 3.05) is 45.2 Å². The molecule has 6 rings (SSSR count). The zero-order valence-corrected chi connectivity index (χ0v) is 21.4. The number of aliphatic hydroxyl groups is 1. The van der Waals surface area contributed by atoms with Gasteiger partial charge in [0.1, 0.15) is 17.9 Å². The van der Waals surface area contributed by atoms with Gasteiger partial charge in [-0.2, -0.15) is 0 Å². The Morgan fingerprint density at radius 1 is 1.14 bits per heavy atom. The summed E-state index contributed by atoms with van der Waals surface area (Å²) in [6, 6.07) is 8.53. The largest absolute Gasteiger partial charge is 0.480 e. The SMILES string of the molecule is Cl.Cl.O=c1ccc2ccc(F)c3c2n1CC3CN1CCN(CC(O)c2cc3c(cn2)OCS3)CC1. The number of benzene rings is 1. The lowest BCUT2D eigenvalue weighted by Crippen LogP contribution is -2.48. The van der Waals surface area contributed by atoms with Crippen molar-refractivity contribution in [1.29, 1.82) is 0 Å². The van der Waals surface area contributed by atoms with Crippen LogP contribution in [0.2, 0.25) is 0 Å². The molecule has 1 saturated heterocycles. The molecule has 0 aliphatic carbocycles. The zero-order chi connectivity index (χ0) is 22.5. The Hall–Kier alpha value is -1.88. The van der Waals surface area contributed by atoms with E-state index in [4.69, 9.17) is 4.74 Å². The van der Waals surface area contributed by atoms with E-state index in [2.05, 4.69) is 14.8 Å². The summed E-state index contributed by atoms with van der Waals surface area (Å²) in [6.45, 7) is 5.11. The highest BCUT2D eigenvalue weighted by Gasteiger charge is 2.31. The molecule has 2 atom stereocenters. The fraction of sp³-hybridized carbons (Fsp3) is 0.417. The van der Waals surface area contributed by atoms with Crippen molar-refractivity contribution in [2.45, 2.75) is 23.5 Å². The van der Waals surface area contributed by atoms with Crippen molar-refractivity contribution >= 4 is 47.5 Å². The van der Waals surface area contributed by atoms with Crippen LogP contribution in [0.4, 0.5) is 4.39 Å². The van der Waals surface area contributed by atoms with Gasteiger partial charge in [-0.25, -0.2) is 4.39 Å². The van der Waals surface area contributed by atoms with E-state index in [1.54, 1.807) is 40.7 Å². The van der Waals surface area contributed by atoms with E-state index in [9.17, 15) is 14.3 Å². The minimum atomic E-state index is -0.647. The second-order valence-corrected chi connectivity index (χ2v) is 9.92. The van der Waals surface area contributed by atoms with Gasteiger partial charge < -0.3 is 19.3 Å². The summed E-state index contributed by atoms with van der Waals surface area (Å²) < 4.78 is 21.9. The number of ether oxygens (including phenoxy) is 1. The van der Waals surface area contributed by atoms with Gasteiger partial charge in [-0.3, -0.25) is 14.7 Å². The number of hydrogen-bond acceptors (Lipinski definition) is 7. The predicted octanol–water partition coefficient (Wildman–Crippen LogP) is 3.27. The number of fused-ring (bicyclic) bond motifs is 1. The topological polar surface area (TPSA) is 70.8 Å². The highest BCUT2D eigenvalue weighted by molar-refractivity contribution is 7.99. The number of β-amino-alcohol motifs (C(OH)–C–C–N with tert-alkyl or cyclic N) is 1. The lowest BCUT2D eigenvalue weighted by atomic mass is 9.98. The van der Waals surface area contributed by atoms with E-state index in [-0.39, 0.29) is 42.1 Å². The van der Waals surface area contributed by atoms with Gasteiger partial charge in [0.2, 0.25) is 0 Å². The van der Waals surface area contributed by atoms with Gasteiger partial charge in [0.25, 0.3) is 5.56 Å². The van der Waals surface area contributed by atoms with E-state index >= 15 is 0 Å². The van der Waals surface area contributed by atoms with Crippen molar-refractivity contribution in [3.63, 3.8) is 0 Å². The maximum absolute atomic E-state index is 14.8. The van der Waals surface area contributed by atoms with Crippen LogP contribution in [0.25, 0.3) is 10.9 Å². The average Bonchev–Trinajstić information content (AvgIpc) is 3.45. The average molecular weight is 541 g/mol. The van der Waals surface area contributed by atoms with Gasteiger partial charge in [0, 0.05) is 63.4 Å². The molecule has 1 N–H and O–H groups in total. The number of aromatic nitrogens is 2. The van der Waals surface area contributed by atoms with Gasteiger partial charge in [-0.15, -0.1) is 24.8 Å². The van der Waals surface area contributed by atoms with E-state index in [1.807, 2.05) is 6.07 Å². The number of thioether (sulfide) groups is 1. The molecule has 0 radical (unpaired) electrons. The first-order chi connectivity index (χ1) is 16.1. The Balaban J connectivity index is 0.00000144. The molecule has 3 aromatic rings. The first-order valence-corrected chi connectivity index (χ1v) is 12.3. The molecule has 0 spiro atoms. The number of aliphatic hydroxyl groups excluding tert-OH is 1. The van der Waals surface area contributed by atoms with Crippen LogP contribution in [0.1, 0.15) is 23.3 Å². The van der Waals surface area contributed by atoms with Crippen LogP contribution < -0.4 is 10.3 Å². The number of hydrogen-bond donors (Lipinski definition) is 1. The maximum atomic E-state index is 14.8. The highest BCUT2D eigenvalue weighted by Crippen LogP contribution is 2.37. The molecule has 2 unspecified atom stereocenters. The molecule has 1 fully saturated rings. The predicted molar refractivity (Wildman–Crippen MR) is 139 cm³/mol. The zero-order valence-electron chi connectivity index (χ0n) is 18.9. The Bertz CT molecular complexity index is 1290. The molecule has 0 saturated carbocycles. The second kappa shape index (κ2) is 10.6. The van der Waals surface area contributed by atoms with Gasteiger partial charge in [0.05, 0.1) is 22.3 Å². The van der Waals surface area contributed by atoms with Crippen LogP contribution in [0.5, 0.6) is 5.75 Å². The van der Waals surface area contributed by atoms with E-state index in [1.165, 1.54) is 6.07 Å². The lowest BCUT2D eigenvalue weighted by Gasteiger charge is -2.36. The fourth-order valence-corrected chi connectivity index (χ4v) is 6.00. The summed E-state index contributed by atoms with van der Waals surface area (Å²) in [5, 5.41) is 11.6. The van der Waals surface area contributed by atoms with E-state index < -0.39 is 6.10 Å². The molecule has 2 aromatic heterocycles. The summed E-state index contributed by atoms with van der Waals surface area (Å²) in [7, 11) is 0. The Kier molecular flexibility index (Phi) is 7.95. The fourth-order valence-electron chi connectivity index (χ4n) is 5.23. The quantitative estimate of drug-likeness (QED) is 0.532.